The second-order valence-corrected chi connectivity index (χ2v) is 6.39. The van der Waals surface area contributed by atoms with Crippen LogP contribution in [0.4, 0.5) is 0 Å². The summed E-state index contributed by atoms with van der Waals surface area (Å²) in [5, 5.41) is 5.60. The molecule has 4 heteroatoms. The van der Waals surface area contributed by atoms with Gasteiger partial charge in [0.2, 0.25) is 0 Å². The molecule has 98 valence electrons. The lowest BCUT2D eigenvalue weighted by atomic mass is 9.83. The first kappa shape index (κ1) is 15.2. The van der Waals surface area contributed by atoms with Crippen LogP contribution in [0.2, 0.25) is 0 Å². The molecule has 0 saturated carbocycles. The van der Waals surface area contributed by atoms with Gasteiger partial charge in [0.1, 0.15) is 0 Å². The van der Waals surface area contributed by atoms with Crippen LogP contribution in [0.3, 0.4) is 0 Å². The normalized spacial score (nSPS) is 14.9. The Bertz CT molecular complexity index is 374. The number of rotatable bonds is 6. The zero-order chi connectivity index (χ0) is 13.1. The maximum Gasteiger partial charge on any atom is 0.0738 e. The molecular formula is C13H22Br2N2. The fourth-order valence-electron chi connectivity index (χ4n) is 2.25. The van der Waals surface area contributed by atoms with Crippen LogP contribution in [0.25, 0.3) is 0 Å². The Morgan fingerprint density at radius 1 is 1.35 bits per heavy atom. The standard InChI is InChI=1S/C13H22Br2N2/c1-5-7-13(4,9-14)8-11-12(15)10(3)16-17(11)6-2/h5-9H2,1-4H3. The first-order valence-corrected chi connectivity index (χ1v) is 8.16. The predicted octanol–water partition coefficient (Wildman–Crippen LogP) is 4.72. The fraction of sp³-hybridized carbons (Fsp3) is 0.769. The molecule has 1 rings (SSSR count). The summed E-state index contributed by atoms with van der Waals surface area (Å²) in [6.45, 7) is 9.74. The van der Waals surface area contributed by atoms with Gasteiger partial charge in [0.15, 0.2) is 0 Å². The van der Waals surface area contributed by atoms with Gasteiger partial charge in [-0.05, 0) is 48.0 Å². The zero-order valence-corrected chi connectivity index (χ0v) is 14.4. The van der Waals surface area contributed by atoms with E-state index in [2.05, 4.69) is 69.3 Å². The second-order valence-electron chi connectivity index (χ2n) is 5.03. The van der Waals surface area contributed by atoms with Gasteiger partial charge in [-0.25, -0.2) is 0 Å². The topological polar surface area (TPSA) is 17.8 Å². The average Bonchev–Trinajstić information content (AvgIpc) is 2.57. The minimum absolute atomic E-state index is 0.316. The van der Waals surface area contributed by atoms with Crippen LogP contribution in [-0.2, 0) is 13.0 Å². The molecule has 0 N–H and O–H groups in total. The summed E-state index contributed by atoms with van der Waals surface area (Å²) in [6, 6.07) is 0. The van der Waals surface area contributed by atoms with Crippen LogP contribution in [-0.4, -0.2) is 15.1 Å². The molecule has 0 radical (unpaired) electrons. The maximum absolute atomic E-state index is 4.56. The number of aryl methyl sites for hydroxylation is 2. The minimum Gasteiger partial charge on any atom is -0.268 e. The molecule has 0 bridgehead atoms. The van der Waals surface area contributed by atoms with Gasteiger partial charge in [0.25, 0.3) is 0 Å². The molecule has 1 unspecified atom stereocenters. The Labute approximate surface area is 121 Å². The summed E-state index contributed by atoms with van der Waals surface area (Å²) >= 11 is 7.34. The van der Waals surface area contributed by atoms with Crippen molar-refractivity contribution in [3.63, 3.8) is 0 Å². The van der Waals surface area contributed by atoms with E-state index in [0.29, 0.717) is 5.41 Å². The SMILES string of the molecule is CCCC(C)(CBr)Cc1c(Br)c(C)nn1CC. The second kappa shape index (κ2) is 6.37. The number of aromatic nitrogens is 2. The van der Waals surface area contributed by atoms with Crippen molar-refractivity contribution in [2.45, 2.75) is 53.5 Å². The lowest BCUT2D eigenvalue weighted by Gasteiger charge is -2.27. The molecule has 17 heavy (non-hydrogen) atoms. The molecule has 0 saturated heterocycles. The molecule has 0 fully saturated rings. The van der Waals surface area contributed by atoms with Crippen molar-refractivity contribution in [2.75, 3.05) is 5.33 Å². The van der Waals surface area contributed by atoms with E-state index < -0.39 is 0 Å². The Morgan fingerprint density at radius 2 is 2.00 bits per heavy atom. The molecule has 0 aliphatic carbocycles. The van der Waals surface area contributed by atoms with Crippen LogP contribution < -0.4 is 0 Å². The van der Waals surface area contributed by atoms with E-state index in [-0.39, 0.29) is 0 Å². The third-order valence-electron chi connectivity index (χ3n) is 3.22. The molecule has 1 heterocycles. The largest absolute Gasteiger partial charge is 0.268 e. The monoisotopic (exact) mass is 364 g/mol. The highest BCUT2D eigenvalue weighted by Gasteiger charge is 2.26. The summed E-state index contributed by atoms with van der Waals surface area (Å²) in [5.41, 5.74) is 2.74. The molecule has 0 aliphatic heterocycles. The lowest BCUT2D eigenvalue weighted by molar-refractivity contribution is 0.329. The van der Waals surface area contributed by atoms with Crippen molar-refractivity contribution in [2.24, 2.45) is 5.41 Å². The first-order valence-electron chi connectivity index (χ1n) is 6.25. The van der Waals surface area contributed by atoms with E-state index >= 15 is 0 Å². The van der Waals surface area contributed by atoms with Crippen LogP contribution in [0.5, 0.6) is 0 Å². The number of hydrogen-bond donors (Lipinski definition) is 0. The maximum atomic E-state index is 4.56. The quantitative estimate of drug-likeness (QED) is 0.667. The van der Waals surface area contributed by atoms with Crippen LogP contribution in [0.1, 0.15) is 45.0 Å². The third kappa shape index (κ3) is 3.57. The zero-order valence-electron chi connectivity index (χ0n) is 11.2. The van der Waals surface area contributed by atoms with Crippen molar-refractivity contribution < 1.29 is 0 Å². The van der Waals surface area contributed by atoms with Gasteiger partial charge < -0.3 is 0 Å². The summed E-state index contributed by atoms with van der Waals surface area (Å²) in [5.74, 6) is 0. The van der Waals surface area contributed by atoms with Crippen LogP contribution in [0, 0.1) is 12.3 Å². The van der Waals surface area contributed by atoms with Crippen LogP contribution >= 0.6 is 31.9 Å². The van der Waals surface area contributed by atoms with E-state index in [1.807, 2.05) is 0 Å². The number of alkyl halides is 1. The average molecular weight is 366 g/mol. The highest BCUT2D eigenvalue weighted by molar-refractivity contribution is 9.10. The van der Waals surface area contributed by atoms with E-state index in [4.69, 9.17) is 0 Å². The molecule has 2 nitrogen and oxygen atoms in total. The van der Waals surface area contributed by atoms with Crippen molar-refractivity contribution >= 4 is 31.9 Å². The van der Waals surface area contributed by atoms with Crippen LogP contribution in [0.15, 0.2) is 4.47 Å². The molecule has 1 aromatic heterocycles. The molecule has 1 atom stereocenters. The first-order chi connectivity index (χ1) is 7.97. The van der Waals surface area contributed by atoms with Gasteiger partial charge in [-0.1, -0.05) is 36.2 Å². The van der Waals surface area contributed by atoms with Gasteiger partial charge in [0.05, 0.1) is 15.9 Å². The predicted molar refractivity (Wildman–Crippen MR) is 80.9 cm³/mol. The smallest absolute Gasteiger partial charge is 0.0738 e. The Hall–Kier alpha value is 0.170. The number of hydrogen-bond acceptors (Lipinski definition) is 1. The van der Waals surface area contributed by atoms with Crippen molar-refractivity contribution in [3.8, 4) is 0 Å². The van der Waals surface area contributed by atoms with Crippen molar-refractivity contribution in [1.29, 1.82) is 0 Å². The fourth-order valence-corrected chi connectivity index (χ4v) is 3.15. The van der Waals surface area contributed by atoms with Crippen molar-refractivity contribution in [3.05, 3.63) is 15.9 Å². The van der Waals surface area contributed by atoms with Gasteiger partial charge in [-0.15, -0.1) is 0 Å². The van der Waals surface area contributed by atoms with Gasteiger partial charge >= 0.3 is 0 Å². The molecule has 0 aliphatic rings. The van der Waals surface area contributed by atoms with Gasteiger partial charge in [-0.3, -0.25) is 4.68 Å². The van der Waals surface area contributed by atoms with Crippen molar-refractivity contribution in [1.82, 2.24) is 9.78 Å². The van der Waals surface area contributed by atoms with Gasteiger partial charge in [-0.2, -0.15) is 5.10 Å². The molecule has 0 spiro atoms. The molecule has 0 aromatic carbocycles. The lowest BCUT2D eigenvalue weighted by Crippen LogP contribution is -2.23. The number of halogens is 2. The number of nitrogens with zero attached hydrogens (tertiary/aromatic N) is 2. The Kier molecular flexibility index (Phi) is 5.71. The van der Waals surface area contributed by atoms with E-state index in [9.17, 15) is 0 Å². The Balaban J connectivity index is 3.00. The molecular weight excluding hydrogens is 344 g/mol. The highest BCUT2D eigenvalue weighted by Crippen LogP contribution is 2.33. The Morgan fingerprint density at radius 3 is 2.47 bits per heavy atom. The van der Waals surface area contributed by atoms with E-state index in [0.717, 1.165) is 24.0 Å². The van der Waals surface area contributed by atoms with E-state index in [1.54, 1.807) is 0 Å². The summed E-state index contributed by atoms with van der Waals surface area (Å²) in [4.78, 5) is 0. The van der Waals surface area contributed by atoms with E-state index in [1.165, 1.54) is 23.0 Å². The highest BCUT2D eigenvalue weighted by atomic mass is 79.9. The summed E-state index contributed by atoms with van der Waals surface area (Å²) in [7, 11) is 0. The summed E-state index contributed by atoms with van der Waals surface area (Å²) in [6.07, 6.45) is 3.53. The van der Waals surface area contributed by atoms with Gasteiger partial charge in [0, 0.05) is 11.9 Å². The minimum atomic E-state index is 0.316. The summed E-state index contributed by atoms with van der Waals surface area (Å²) < 4.78 is 3.30. The third-order valence-corrected chi connectivity index (χ3v) is 5.61. The molecule has 0 amide bonds. The molecule has 1 aromatic rings.